The van der Waals surface area contributed by atoms with Crippen LogP contribution in [0, 0.1) is 0 Å². The molecule has 2 rings (SSSR count). The second kappa shape index (κ2) is 5.43. The van der Waals surface area contributed by atoms with Crippen LogP contribution in [0.2, 0.25) is 0 Å². The van der Waals surface area contributed by atoms with E-state index < -0.39 is 0 Å². The van der Waals surface area contributed by atoms with E-state index in [1.54, 1.807) is 7.11 Å². The molecular weight excluding hydrogens is 304 g/mol. The average molecular weight is 327 g/mol. The summed E-state index contributed by atoms with van der Waals surface area (Å²) in [5.74, 6) is 0.934. The second-order valence-corrected chi connectivity index (χ2v) is 7.11. The van der Waals surface area contributed by atoms with Crippen molar-refractivity contribution in [3.63, 3.8) is 0 Å². The molecule has 0 aliphatic heterocycles. The molecule has 1 fully saturated rings. The van der Waals surface area contributed by atoms with Crippen LogP contribution in [0.4, 0.5) is 0 Å². The highest BCUT2D eigenvalue weighted by Crippen LogP contribution is 2.34. The monoisotopic (exact) mass is 326 g/mol. The van der Waals surface area contributed by atoms with Gasteiger partial charge in [-0.15, -0.1) is 0 Å². The predicted octanol–water partition coefficient (Wildman–Crippen LogP) is 2.82. The largest absolute Gasteiger partial charge is 0.496 e. The zero-order valence-corrected chi connectivity index (χ0v) is 13.5. The third-order valence-electron chi connectivity index (χ3n) is 3.83. The molecule has 4 heteroatoms. The van der Waals surface area contributed by atoms with Crippen LogP contribution in [0.1, 0.15) is 32.3 Å². The quantitative estimate of drug-likeness (QED) is 0.845. The zero-order valence-electron chi connectivity index (χ0n) is 11.9. The van der Waals surface area contributed by atoms with E-state index in [1.807, 2.05) is 12.1 Å². The van der Waals surface area contributed by atoms with Crippen molar-refractivity contribution in [1.29, 1.82) is 0 Å². The number of halogens is 1. The Kier molecular flexibility index (Phi) is 4.23. The van der Waals surface area contributed by atoms with Crippen LogP contribution in [0.5, 0.6) is 5.75 Å². The minimum atomic E-state index is 0.000370. The van der Waals surface area contributed by atoms with Gasteiger partial charge in [0.1, 0.15) is 5.75 Å². The first-order chi connectivity index (χ1) is 8.86. The highest BCUT2D eigenvalue weighted by molar-refractivity contribution is 9.10. The first kappa shape index (κ1) is 14.8. The van der Waals surface area contributed by atoms with Gasteiger partial charge in [0.05, 0.1) is 7.11 Å². The number of nitrogens with two attached hydrogens (primary N) is 1. The topological polar surface area (TPSA) is 47.3 Å². The van der Waals surface area contributed by atoms with Crippen molar-refractivity contribution < 1.29 is 4.74 Å². The van der Waals surface area contributed by atoms with Crippen molar-refractivity contribution in [2.75, 3.05) is 20.2 Å². The van der Waals surface area contributed by atoms with Gasteiger partial charge in [-0.1, -0.05) is 29.8 Å². The van der Waals surface area contributed by atoms with Gasteiger partial charge in [0, 0.05) is 34.1 Å². The Morgan fingerprint density at radius 3 is 2.68 bits per heavy atom. The van der Waals surface area contributed by atoms with E-state index in [0.717, 1.165) is 36.2 Å². The number of hydrogen-bond acceptors (Lipinski definition) is 3. The molecular formula is C15H23BrN2O. The first-order valence-electron chi connectivity index (χ1n) is 6.70. The van der Waals surface area contributed by atoms with E-state index in [4.69, 9.17) is 10.5 Å². The Morgan fingerprint density at radius 1 is 1.42 bits per heavy atom. The summed E-state index contributed by atoms with van der Waals surface area (Å²) in [5.41, 5.74) is 7.36. The van der Waals surface area contributed by atoms with Gasteiger partial charge in [-0.3, -0.25) is 0 Å². The number of rotatable bonds is 6. The number of benzene rings is 1. The van der Waals surface area contributed by atoms with E-state index in [9.17, 15) is 0 Å². The van der Waals surface area contributed by atoms with Crippen molar-refractivity contribution in [2.24, 2.45) is 5.73 Å². The second-order valence-electron chi connectivity index (χ2n) is 6.19. The maximum absolute atomic E-state index is 6.10. The molecule has 19 heavy (non-hydrogen) atoms. The molecule has 0 bridgehead atoms. The maximum Gasteiger partial charge on any atom is 0.122 e. The van der Waals surface area contributed by atoms with Gasteiger partial charge in [0.2, 0.25) is 0 Å². The van der Waals surface area contributed by atoms with Gasteiger partial charge in [-0.2, -0.15) is 0 Å². The maximum atomic E-state index is 6.10. The Morgan fingerprint density at radius 2 is 2.11 bits per heavy atom. The molecule has 0 unspecified atom stereocenters. The van der Waals surface area contributed by atoms with E-state index in [2.05, 4.69) is 41.2 Å². The molecule has 0 heterocycles. The summed E-state index contributed by atoms with van der Waals surface area (Å²) in [6.07, 6.45) is 2.28. The first-order valence-corrected chi connectivity index (χ1v) is 7.49. The SMILES string of the molecule is COc1ccc(Br)cc1C(C)(C)CNCC1(N)CC1. The molecule has 3 nitrogen and oxygen atoms in total. The summed E-state index contributed by atoms with van der Waals surface area (Å²) in [5, 5.41) is 3.50. The summed E-state index contributed by atoms with van der Waals surface area (Å²) in [6.45, 7) is 6.23. The molecule has 1 aromatic carbocycles. The van der Waals surface area contributed by atoms with E-state index in [1.165, 1.54) is 5.56 Å². The molecule has 0 saturated heterocycles. The molecule has 0 atom stereocenters. The molecule has 0 radical (unpaired) electrons. The Labute approximate surface area is 124 Å². The molecule has 106 valence electrons. The van der Waals surface area contributed by atoms with E-state index >= 15 is 0 Å². The normalized spacial score (nSPS) is 17.3. The predicted molar refractivity (Wildman–Crippen MR) is 82.7 cm³/mol. The zero-order chi connectivity index (χ0) is 14.1. The van der Waals surface area contributed by atoms with Crippen molar-refractivity contribution in [1.82, 2.24) is 5.32 Å². The average Bonchev–Trinajstić information content (AvgIpc) is 3.07. The smallest absolute Gasteiger partial charge is 0.122 e. The molecule has 0 amide bonds. The molecule has 0 spiro atoms. The Balaban J connectivity index is 2.06. The number of nitrogens with one attached hydrogen (secondary N) is 1. The number of ether oxygens (including phenoxy) is 1. The summed E-state index contributed by atoms with van der Waals surface area (Å²) in [7, 11) is 1.72. The van der Waals surface area contributed by atoms with E-state index in [0.29, 0.717) is 0 Å². The van der Waals surface area contributed by atoms with Crippen LogP contribution in [0.15, 0.2) is 22.7 Å². The molecule has 1 saturated carbocycles. The van der Waals surface area contributed by atoms with Crippen molar-refractivity contribution in [3.8, 4) is 5.75 Å². The summed E-state index contributed by atoms with van der Waals surface area (Å²) in [6, 6.07) is 6.15. The van der Waals surface area contributed by atoms with Gasteiger partial charge < -0.3 is 15.8 Å². The summed E-state index contributed by atoms with van der Waals surface area (Å²) >= 11 is 3.53. The molecule has 1 aliphatic carbocycles. The fourth-order valence-electron chi connectivity index (χ4n) is 2.27. The van der Waals surface area contributed by atoms with Gasteiger partial charge in [-0.05, 0) is 31.0 Å². The van der Waals surface area contributed by atoms with Crippen LogP contribution in [0.3, 0.4) is 0 Å². The van der Waals surface area contributed by atoms with Gasteiger partial charge in [0.25, 0.3) is 0 Å². The van der Waals surface area contributed by atoms with Crippen molar-refractivity contribution in [3.05, 3.63) is 28.2 Å². The van der Waals surface area contributed by atoms with Gasteiger partial charge >= 0.3 is 0 Å². The van der Waals surface area contributed by atoms with Crippen LogP contribution in [-0.2, 0) is 5.41 Å². The molecule has 1 aromatic rings. The lowest BCUT2D eigenvalue weighted by molar-refractivity contribution is 0.383. The molecule has 0 aromatic heterocycles. The third-order valence-corrected chi connectivity index (χ3v) is 4.32. The lowest BCUT2D eigenvalue weighted by atomic mass is 9.84. The lowest BCUT2D eigenvalue weighted by Gasteiger charge is -2.28. The van der Waals surface area contributed by atoms with Gasteiger partial charge in [-0.25, -0.2) is 0 Å². The fourth-order valence-corrected chi connectivity index (χ4v) is 2.63. The van der Waals surface area contributed by atoms with Crippen LogP contribution < -0.4 is 15.8 Å². The van der Waals surface area contributed by atoms with Gasteiger partial charge in [0.15, 0.2) is 0 Å². The van der Waals surface area contributed by atoms with Crippen molar-refractivity contribution >= 4 is 15.9 Å². The highest BCUT2D eigenvalue weighted by atomic mass is 79.9. The van der Waals surface area contributed by atoms with Crippen molar-refractivity contribution in [2.45, 2.75) is 37.6 Å². The lowest BCUT2D eigenvalue weighted by Crippen LogP contribution is -2.41. The molecule has 3 N–H and O–H groups in total. The minimum absolute atomic E-state index is 0.000370. The Hall–Kier alpha value is -0.580. The summed E-state index contributed by atoms with van der Waals surface area (Å²) in [4.78, 5) is 0. The number of methoxy groups -OCH3 is 1. The van der Waals surface area contributed by atoms with Crippen LogP contribution in [-0.4, -0.2) is 25.7 Å². The minimum Gasteiger partial charge on any atom is -0.496 e. The standard InChI is InChI=1S/C15H23BrN2O/c1-14(2,9-18-10-15(17)6-7-15)12-8-11(16)4-5-13(12)19-3/h4-5,8,18H,6-7,9-10,17H2,1-3H3. The van der Waals surface area contributed by atoms with Crippen LogP contribution >= 0.6 is 15.9 Å². The third kappa shape index (κ3) is 3.71. The molecule has 1 aliphatic rings. The van der Waals surface area contributed by atoms with E-state index in [-0.39, 0.29) is 11.0 Å². The highest BCUT2D eigenvalue weighted by Gasteiger charge is 2.38. The summed E-state index contributed by atoms with van der Waals surface area (Å²) < 4.78 is 6.55. The Bertz CT molecular complexity index is 455. The number of hydrogen-bond donors (Lipinski definition) is 2. The van der Waals surface area contributed by atoms with Crippen LogP contribution in [0.25, 0.3) is 0 Å². The fraction of sp³-hybridized carbons (Fsp3) is 0.600.